The molecule has 4 rings (SSSR count). The first-order valence-corrected chi connectivity index (χ1v) is 7.78. The minimum absolute atomic E-state index is 0.148. The van der Waals surface area contributed by atoms with Gasteiger partial charge in [0, 0.05) is 11.6 Å². The van der Waals surface area contributed by atoms with Crippen LogP contribution in [0.3, 0.4) is 0 Å². The molecule has 0 saturated heterocycles. The Labute approximate surface area is 147 Å². The molecule has 0 amide bonds. The minimum Gasteiger partial charge on any atom is -0.437 e. The number of benzene rings is 2. The van der Waals surface area contributed by atoms with Crippen LogP contribution in [-0.4, -0.2) is 19.8 Å². The molecule has 2 heterocycles. The van der Waals surface area contributed by atoms with E-state index in [1.807, 2.05) is 36.4 Å². The van der Waals surface area contributed by atoms with Gasteiger partial charge in [-0.2, -0.15) is 9.78 Å². The third-order valence-electron chi connectivity index (χ3n) is 3.61. The van der Waals surface area contributed by atoms with Gasteiger partial charge in [-0.05, 0) is 41.4 Å². The predicted octanol–water partition coefficient (Wildman–Crippen LogP) is 4.11. The Morgan fingerprint density at radius 2 is 1.84 bits per heavy atom. The van der Waals surface area contributed by atoms with Crippen molar-refractivity contribution in [3.8, 4) is 28.8 Å². The standard InChI is InChI=1S/C18H10ClN5O/c19-18-22-21-16-8-9-17(23-24(16)18)25-15-10-12(11-20)6-7-14(15)13-4-2-1-3-5-13/h1-10H. The zero-order valence-corrected chi connectivity index (χ0v) is 13.6. The summed E-state index contributed by atoms with van der Waals surface area (Å²) in [6, 6.07) is 20.6. The zero-order chi connectivity index (χ0) is 17.2. The van der Waals surface area contributed by atoms with E-state index in [0.29, 0.717) is 22.8 Å². The first kappa shape index (κ1) is 15.1. The van der Waals surface area contributed by atoms with Gasteiger partial charge >= 0.3 is 0 Å². The van der Waals surface area contributed by atoms with Crippen molar-refractivity contribution in [3.63, 3.8) is 0 Å². The average Bonchev–Trinajstić information content (AvgIpc) is 3.03. The Balaban J connectivity index is 1.80. The van der Waals surface area contributed by atoms with Crippen LogP contribution in [0.25, 0.3) is 16.8 Å². The summed E-state index contributed by atoms with van der Waals surface area (Å²) < 4.78 is 7.32. The van der Waals surface area contributed by atoms with Crippen LogP contribution in [-0.2, 0) is 0 Å². The van der Waals surface area contributed by atoms with Crippen molar-refractivity contribution in [2.75, 3.05) is 0 Å². The SMILES string of the molecule is N#Cc1ccc(-c2ccccc2)c(Oc2ccc3nnc(Cl)n3n2)c1. The zero-order valence-electron chi connectivity index (χ0n) is 12.8. The number of nitriles is 1. The second-order valence-corrected chi connectivity index (χ2v) is 5.54. The van der Waals surface area contributed by atoms with Gasteiger partial charge in [0.25, 0.3) is 0 Å². The van der Waals surface area contributed by atoms with E-state index in [0.717, 1.165) is 11.1 Å². The number of ether oxygens (including phenoxy) is 1. The normalized spacial score (nSPS) is 10.6. The van der Waals surface area contributed by atoms with E-state index in [2.05, 4.69) is 21.4 Å². The van der Waals surface area contributed by atoms with Crippen molar-refractivity contribution in [2.45, 2.75) is 0 Å². The Hall–Kier alpha value is -3.43. The first-order valence-electron chi connectivity index (χ1n) is 7.40. The second-order valence-electron chi connectivity index (χ2n) is 5.20. The summed E-state index contributed by atoms with van der Waals surface area (Å²) in [7, 11) is 0. The van der Waals surface area contributed by atoms with Crippen LogP contribution in [0.1, 0.15) is 5.56 Å². The highest BCUT2D eigenvalue weighted by atomic mass is 35.5. The molecule has 0 unspecified atom stereocenters. The first-order chi connectivity index (χ1) is 12.2. The lowest BCUT2D eigenvalue weighted by molar-refractivity contribution is 0.454. The van der Waals surface area contributed by atoms with Gasteiger partial charge in [-0.1, -0.05) is 30.3 Å². The maximum absolute atomic E-state index is 9.18. The largest absolute Gasteiger partial charge is 0.437 e. The summed E-state index contributed by atoms with van der Waals surface area (Å²) in [5.74, 6) is 0.850. The quantitative estimate of drug-likeness (QED) is 0.557. The summed E-state index contributed by atoms with van der Waals surface area (Å²) in [4.78, 5) is 0. The highest BCUT2D eigenvalue weighted by Crippen LogP contribution is 2.33. The van der Waals surface area contributed by atoms with Crippen molar-refractivity contribution >= 4 is 17.2 Å². The fourth-order valence-corrected chi connectivity index (χ4v) is 2.61. The predicted molar refractivity (Wildman–Crippen MR) is 92.5 cm³/mol. The van der Waals surface area contributed by atoms with E-state index in [4.69, 9.17) is 16.3 Å². The molecule has 0 atom stereocenters. The Morgan fingerprint density at radius 1 is 1.00 bits per heavy atom. The van der Waals surface area contributed by atoms with E-state index in [-0.39, 0.29) is 5.28 Å². The molecule has 0 aliphatic heterocycles. The molecule has 25 heavy (non-hydrogen) atoms. The summed E-state index contributed by atoms with van der Waals surface area (Å²) >= 11 is 5.95. The van der Waals surface area contributed by atoms with Crippen LogP contribution in [0.5, 0.6) is 11.6 Å². The van der Waals surface area contributed by atoms with Crippen molar-refractivity contribution < 1.29 is 4.74 Å². The molecule has 7 heteroatoms. The molecule has 0 N–H and O–H groups in total. The third kappa shape index (κ3) is 2.89. The molecule has 4 aromatic rings. The molecule has 120 valence electrons. The fraction of sp³-hybridized carbons (Fsp3) is 0. The summed E-state index contributed by atoms with van der Waals surface area (Å²) in [5.41, 5.74) is 2.85. The molecular formula is C18H10ClN5O. The summed E-state index contributed by atoms with van der Waals surface area (Å²) in [5, 5.41) is 21.2. The molecule has 0 saturated carbocycles. The Bertz CT molecular complexity index is 1100. The molecule has 0 radical (unpaired) electrons. The Kier molecular flexibility index (Phi) is 3.77. The lowest BCUT2D eigenvalue weighted by Crippen LogP contribution is -1.97. The van der Waals surface area contributed by atoms with Crippen LogP contribution in [0.15, 0.2) is 60.7 Å². The van der Waals surface area contributed by atoms with Gasteiger partial charge < -0.3 is 4.74 Å². The van der Waals surface area contributed by atoms with Gasteiger partial charge in [-0.15, -0.1) is 15.3 Å². The van der Waals surface area contributed by atoms with Crippen molar-refractivity contribution in [1.29, 1.82) is 5.26 Å². The maximum atomic E-state index is 9.18. The highest BCUT2D eigenvalue weighted by Gasteiger charge is 2.11. The highest BCUT2D eigenvalue weighted by molar-refractivity contribution is 6.28. The van der Waals surface area contributed by atoms with Crippen LogP contribution < -0.4 is 4.74 Å². The summed E-state index contributed by atoms with van der Waals surface area (Å²) in [6.07, 6.45) is 0. The second kappa shape index (κ2) is 6.23. The van der Waals surface area contributed by atoms with Crippen molar-refractivity contribution in [2.24, 2.45) is 0 Å². The minimum atomic E-state index is 0.148. The lowest BCUT2D eigenvalue weighted by atomic mass is 10.0. The number of aromatic nitrogens is 4. The van der Waals surface area contributed by atoms with E-state index in [1.165, 1.54) is 4.52 Å². The van der Waals surface area contributed by atoms with Crippen LogP contribution >= 0.6 is 11.6 Å². The molecular weight excluding hydrogens is 338 g/mol. The van der Waals surface area contributed by atoms with Crippen molar-refractivity contribution in [1.82, 2.24) is 19.8 Å². The molecule has 6 nitrogen and oxygen atoms in total. The monoisotopic (exact) mass is 347 g/mol. The number of rotatable bonds is 3. The maximum Gasteiger partial charge on any atom is 0.246 e. The molecule has 2 aromatic heterocycles. The Morgan fingerprint density at radius 3 is 2.64 bits per heavy atom. The van der Waals surface area contributed by atoms with Gasteiger partial charge in [0.05, 0.1) is 11.6 Å². The van der Waals surface area contributed by atoms with Gasteiger partial charge in [-0.3, -0.25) is 0 Å². The van der Waals surface area contributed by atoms with Crippen LogP contribution in [0.4, 0.5) is 0 Å². The third-order valence-corrected chi connectivity index (χ3v) is 3.85. The molecule has 0 aliphatic rings. The van der Waals surface area contributed by atoms with Gasteiger partial charge in [0.2, 0.25) is 11.2 Å². The van der Waals surface area contributed by atoms with Crippen LogP contribution in [0, 0.1) is 11.3 Å². The molecule has 0 fully saturated rings. The molecule has 2 aromatic carbocycles. The molecule has 0 bridgehead atoms. The number of fused-ring (bicyclic) bond motifs is 1. The summed E-state index contributed by atoms with van der Waals surface area (Å²) in [6.45, 7) is 0. The molecule has 0 aliphatic carbocycles. The number of hydrogen-bond acceptors (Lipinski definition) is 5. The average molecular weight is 348 g/mol. The number of hydrogen-bond donors (Lipinski definition) is 0. The van der Waals surface area contributed by atoms with Gasteiger partial charge in [0.15, 0.2) is 5.65 Å². The topological polar surface area (TPSA) is 76.1 Å². The lowest BCUT2D eigenvalue weighted by Gasteiger charge is -2.11. The fourth-order valence-electron chi connectivity index (χ4n) is 2.45. The van der Waals surface area contributed by atoms with E-state index >= 15 is 0 Å². The van der Waals surface area contributed by atoms with E-state index in [1.54, 1.807) is 24.3 Å². The van der Waals surface area contributed by atoms with Gasteiger partial charge in [0.1, 0.15) is 5.75 Å². The smallest absolute Gasteiger partial charge is 0.246 e. The van der Waals surface area contributed by atoms with Crippen LogP contribution in [0.2, 0.25) is 5.28 Å². The van der Waals surface area contributed by atoms with Gasteiger partial charge in [-0.25, -0.2) is 0 Å². The number of halogens is 1. The van der Waals surface area contributed by atoms with E-state index in [9.17, 15) is 5.26 Å². The van der Waals surface area contributed by atoms with Crippen molar-refractivity contribution in [3.05, 3.63) is 71.5 Å². The van der Waals surface area contributed by atoms with E-state index < -0.39 is 0 Å². The number of nitrogens with zero attached hydrogens (tertiary/aromatic N) is 5. The molecule has 0 spiro atoms.